The number of hydrogen-bond donors (Lipinski definition) is 0. The smallest absolute Gasteiger partial charge is 0.305 e. The fourth-order valence-electron chi connectivity index (χ4n) is 6.88. The van der Waals surface area contributed by atoms with Crippen LogP contribution in [0.25, 0.3) is 0 Å². The van der Waals surface area contributed by atoms with Gasteiger partial charge in [0.1, 0.15) is 5.78 Å². The molecule has 46 heavy (non-hydrogen) atoms. The molecule has 2 fully saturated rings. The van der Waals surface area contributed by atoms with E-state index < -0.39 is 16.6 Å². The van der Waals surface area contributed by atoms with Gasteiger partial charge < -0.3 is 13.6 Å². The maximum Gasteiger partial charge on any atom is 0.305 e. The normalized spacial score (nSPS) is 26.8. The van der Waals surface area contributed by atoms with Gasteiger partial charge in [-0.2, -0.15) is 0 Å². The van der Waals surface area contributed by atoms with Crippen molar-refractivity contribution in [2.45, 2.75) is 167 Å². The molecule has 2 saturated carbocycles. The van der Waals surface area contributed by atoms with Crippen molar-refractivity contribution in [3.8, 4) is 0 Å². The number of rotatable bonds is 16. The molecule has 2 aliphatic carbocycles. The van der Waals surface area contributed by atoms with Crippen LogP contribution in [0.1, 0.15) is 118 Å². The van der Waals surface area contributed by atoms with Crippen molar-refractivity contribution in [1.82, 2.24) is 0 Å². The molecule has 0 bridgehead atoms. The van der Waals surface area contributed by atoms with E-state index >= 15 is 0 Å². The van der Waals surface area contributed by atoms with E-state index in [1.807, 2.05) is 11.3 Å². The fraction of sp³-hybridized carbons (Fsp3) is 0.789. The van der Waals surface area contributed by atoms with Gasteiger partial charge in [0.15, 0.2) is 16.6 Å². The van der Waals surface area contributed by atoms with E-state index in [0.717, 1.165) is 38.5 Å². The second-order valence-electron chi connectivity index (χ2n) is 17.3. The van der Waals surface area contributed by atoms with Crippen LogP contribution in [-0.2, 0) is 28.6 Å². The molecule has 6 atom stereocenters. The van der Waals surface area contributed by atoms with Gasteiger partial charge in [-0.3, -0.25) is 9.59 Å². The van der Waals surface area contributed by atoms with Crippen LogP contribution >= 0.6 is 11.3 Å². The minimum atomic E-state index is -2.07. The lowest BCUT2D eigenvalue weighted by Gasteiger charge is -2.55. The van der Waals surface area contributed by atoms with Crippen LogP contribution in [0.2, 0.25) is 36.3 Å². The van der Waals surface area contributed by atoms with Gasteiger partial charge in [0.05, 0.1) is 19.3 Å². The van der Waals surface area contributed by atoms with Crippen LogP contribution in [0.15, 0.2) is 29.7 Å². The van der Waals surface area contributed by atoms with E-state index in [4.69, 9.17) is 13.6 Å². The molecule has 0 radical (unpaired) electrons. The first kappa shape index (κ1) is 39.4. The molecule has 1 heterocycles. The van der Waals surface area contributed by atoms with Crippen LogP contribution in [0, 0.1) is 17.8 Å². The number of thiophene rings is 1. The fourth-order valence-corrected chi connectivity index (χ4v) is 10.7. The third-order valence-electron chi connectivity index (χ3n) is 12.2. The molecule has 0 aromatic carbocycles. The van der Waals surface area contributed by atoms with Crippen molar-refractivity contribution in [2.24, 2.45) is 17.8 Å². The second kappa shape index (κ2) is 15.7. The summed E-state index contributed by atoms with van der Waals surface area (Å²) in [6, 6.07) is 4.52. The maximum atomic E-state index is 13.6. The van der Waals surface area contributed by atoms with Crippen molar-refractivity contribution in [1.29, 1.82) is 0 Å². The Labute approximate surface area is 287 Å². The lowest BCUT2D eigenvalue weighted by molar-refractivity contribution is -0.140. The number of methoxy groups -OCH3 is 1. The van der Waals surface area contributed by atoms with Gasteiger partial charge in [0, 0.05) is 35.0 Å². The summed E-state index contributed by atoms with van der Waals surface area (Å²) in [4.78, 5) is 26.6. The molecule has 262 valence electrons. The molecular formula is C38H66O5SSi2. The molecule has 0 aliphatic heterocycles. The van der Waals surface area contributed by atoms with Gasteiger partial charge in [-0.25, -0.2) is 0 Å². The average molecular weight is 691 g/mol. The molecule has 8 heteroatoms. The Hall–Kier alpha value is -1.07. The van der Waals surface area contributed by atoms with Crippen molar-refractivity contribution >= 4 is 39.7 Å². The number of esters is 1. The Balaban J connectivity index is 1.87. The largest absolute Gasteiger partial charge is 0.469 e. The quantitative estimate of drug-likeness (QED) is 0.0748. The van der Waals surface area contributed by atoms with Crippen LogP contribution < -0.4 is 0 Å². The lowest BCUT2D eigenvalue weighted by Crippen LogP contribution is -2.57. The number of Topliss-reactive ketones (excluding diaryl/α,β-unsaturated/α-hetero) is 1. The van der Waals surface area contributed by atoms with Crippen molar-refractivity contribution in [3.63, 3.8) is 0 Å². The average Bonchev–Trinajstić information content (AvgIpc) is 3.56. The molecule has 1 aromatic rings. The zero-order valence-electron chi connectivity index (χ0n) is 31.3. The topological polar surface area (TPSA) is 61.8 Å². The number of carbonyl (C=O) groups excluding carboxylic acids is 2. The van der Waals surface area contributed by atoms with E-state index in [1.165, 1.54) is 24.8 Å². The molecule has 0 amide bonds. The highest BCUT2D eigenvalue weighted by atomic mass is 32.1. The maximum absolute atomic E-state index is 13.6. The Morgan fingerprint density at radius 3 is 2.22 bits per heavy atom. The first-order valence-corrected chi connectivity index (χ1v) is 24.6. The predicted octanol–water partition coefficient (Wildman–Crippen LogP) is 10.9. The molecular weight excluding hydrogens is 625 g/mol. The highest BCUT2D eigenvalue weighted by molar-refractivity contribution is 7.10. The standard InChI is InChI=1S/C38H66O5SSi2/c1-28-24-25-38(28,34-22-18-26-44-34)33(43-46(11,12)37(5,6)7)21-17-20-30-29(19-15-13-14-16-23-35(40)41-8)31(39)27-32(30)42-45(9,10)36(2,3)4/h17-18,20,22,26,28-30,32-33H,13-16,19,21,23-25,27H2,1-12H3/t28?,29-,30-,32-,33?,38?/m1/s1. The first-order chi connectivity index (χ1) is 21.3. The Morgan fingerprint density at radius 2 is 1.70 bits per heavy atom. The predicted molar refractivity (Wildman–Crippen MR) is 199 cm³/mol. The van der Waals surface area contributed by atoms with Crippen LogP contribution in [0.4, 0.5) is 0 Å². The van der Waals surface area contributed by atoms with Gasteiger partial charge in [-0.05, 0) is 85.7 Å². The third kappa shape index (κ3) is 9.13. The van der Waals surface area contributed by atoms with Crippen LogP contribution in [0.5, 0.6) is 0 Å². The minimum Gasteiger partial charge on any atom is -0.469 e. The summed E-state index contributed by atoms with van der Waals surface area (Å²) in [7, 11) is -2.67. The molecule has 1 aromatic heterocycles. The highest BCUT2D eigenvalue weighted by Gasteiger charge is 2.54. The Bertz CT molecular complexity index is 1160. The first-order valence-electron chi connectivity index (χ1n) is 17.9. The van der Waals surface area contributed by atoms with E-state index in [9.17, 15) is 9.59 Å². The third-order valence-corrected chi connectivity index (χ3v) is 22.3. The molecule has 0 spiro atoms. The molecule has 5 nitrogen and oxygen atoms in total. The summed E-state index contributed by atoms with van der Waals surface area (Å²) in [5.74, 6) is 0.852. The lowest BCUT2D eigenvalue weighted by atomic mass is 9.56. The van der Waals surface area contributed by atoms with Gasteiger partial charge in [0.25, 0.3) is 0 Å². The van der Waals surface area contributed by atoms with Gasteiger partial charge >= 0.3 is 5.97 Å². The van der Waals surface area contributed by atoms with Gasteiger partial charge in [-0.1, -0.05) is 85.9 Å². The van der Waals surface area contributed by atoms with Crippen molar-refractivity contribution in [3.05, 3.63) is 34.5 Å². The summed E-state index contributed by atoms with van der Waals surface area (Å²) in [6.45, 7) is 25.6. The van der Waals surface area contributed by atoms with E-state index in [1.54, 1.807) is 0 Å². The van der Waals surface area contributed by atoms with Gasteiger partial charge in [0.2, 0.25) is 0 Å². The number of hydrogen-bond acceptors (Lipinski definition) is 6. The monoisotopic (exact) mass is 690 g/mol. The summed E-state index contributed by atoms with van der Waals surface area (Å²) in [6.07, 6.45) is 13.7. The number of ether oxygens (including phenoxy) is 1. The van der Waals surface area contributed by atoms with E-state index in [-0.39, 0.29) is 45.5 Å². The molecule has 2 aliphatic rings. The molecule has 3 rings (SSSR count). The highest BCUT2D eigenvalue weighted by Crippen LogP contribution is 2.56. The molecule has 3 unspecified atom stereocenters. The van der Waals surface area contributed by atoms with E-state index in [2.05, 4.69) is 104 Å². The molecule has 0 N–H and O–H groups in total. The summed E-state index contributed by atoms with van der Waals surface area (Å²) < 4.78 is 19.2. The number of unbranched alkanes of at least 4 members (excludes halogenated alkanes) is 3. The van der Waals surface area contributed by atoms with E-state index in [0.29, 0.717) is 24.5 Å². The second-order valence-corrected chi connectivity index (χ2v) is 27.7. The van der Waals surface area contributed by atoms with Crippen molar-refractivity contribution < 1.29 is 23.2 Å². The van der Waals surface area contributed by atoms with Crippen molar-refractivity contribution in [2.75, 3.05) is 7.11 Å². The number of ketones is 1. The SMILES string of the molecule is COC(=O)CCCCCC[C@H]1C(=O)C[C@@H](O[Si](C)(C)C(C)(C)C)[C@@H]1C=CCC(O[Si](C)(C)C(C)(C)C)C1(c2cccs2)CCC1C. The zero-order chi connectivity index (χ0) is 34.6. The summed E-state index contributed by atoms with van der Waals surface area (Å²) in [5.41, 5.74) is 0.0418. The zero-order valence-corrected chi connectivity index (χ0v) is 34.1. The van der Waals surface area contributed by atoms with Crippen LogP contribution in [0.3, 0.4) is 0 Å². The Kier molecular flexibility index (Phi) is 13.4. The summed E-state index contributed by atoms with van der Waals surface area (Å²) >= 11 is 1.88. The Morgan fingerprint density at radius 1 is 1.04 bits per heavy atom. The van der Waals surface area contributed by atoms with Gasteiger partial charge in [-0.15, -0.1) is 11.3 Å². The number of carbonyl (C=O) groups is 2. The summed E-state index contributed by atoms with van der Waals surface area (Å²) in [5, 5.41) is 2.42. The van der Waals surface area contributed by atoms with Crippen LogP contribution in [-0.4, -0.2) is 47.7 Å². The minimum absolute atomic E-state index is 0.0136. The molecule has 0 saturated heterocycles.